The van der Waals surface area contributed by atoms with Gasteiger partial charge in [0.15, 0.2) is 0 Å². The van der Waals surface area contributed by atoms with Crippen LogP contribution in [0.15, 0.2) is 30.5 Å². The Hall–Kier alpha value is 0.670. The first-order chi connectivity index (χ1) is 6.88. The zero-order valence-corrected chi connectivity index (χ0v) is 8.43. The van der Waals surface area contributed by atoms with Crippen molar-refractivity contribution in [2.75, 3.05) is 0 Å². The van der Waals surface area contributed by atoms with Gasteiger partial charge < -0.3 is 24.8 Å². The number of H-pyrrole nitrogens is 1. The Morgan fingerprint density at radius 3 is 2.00 bits per heavy atom. The third kappa shape index (κ3) is 8.40. The summed E-state index contributed by atoms with van der Waals surface area (Å²) < 4.78 is 8.88. The van der Waals surface area contributed by atoms with Gasteiger partial charge in [-0.05, 0) is 12.1 Å². The SMILES string of the molecule is O=P(O)(O)O.Oc1c[nH]c2ccccc12.[NaH].[NaH]. The number of fused-ring (bicyclic) bond motifs is 1. The van der Waals surface area contributed by atoms with Crippen LogP contribution < -0.4 is 0 Å². The van der Waals surface area contributed by atoms with Crippen molar-refractivity contribution in [1.29, 1.82) is 0 Å². The molecular formula is C8H12NNa2O5P. The van der Waals surface area contributed by atoms with Crippen molar-refractivity contribution in [2.45, 2.75) is 0 Å². The first kappa shape index (κ1) is 20.0. The van der Waals surface area contributed by atoms with Crippen molar-refractivity contribution in [1.82, 2.24) is 4.98 Å². The summed E-state index contributed by atoms with van der Waals surface area (Å²) >= 11 is 0. The molecule has 0 bridgehead atoms. The van der Waals surface area contributed by atoms with E-state index in [1.807, 2.05) is 24.3 Å². The number of rotatable bonds is 0. The number of hydrogen-bond acceptors (Lipinski definition) is 2. The molecule has 6 nitrogen and oxygen atoms in total. The van der Waals surface area contributed by atoms with Gasteiger partial charge in [-0.3, -0.25) is 0 Å². The van der Waals surface area contributed by atoms with Crippen molar-refractivity contribution in [3.63, 3.8) is 0 Å². The molecule has 1 aromatic heterocycles. The fourth-order valence-electron chi connectivity index (χ4n) is 1.06. The molecule has 9 heteroatoms. The first-order valence-corrected chi connectivity index (χ1v) is 5.48. The maximum absolute atomic E-state index is 9.18. The molecule has 0 aliphatic heterocycles. The van der Waals surface area contributed by atoms with E-state index in [1.165, 1.54) is 0 Å². The molecule has 5 N–H and O–H groups in total. The van der Waals surface area contributed by atoms with Crippen LogP contribution in [0.3, 0.4) is 0 Å². The van der Waals surface area contributed by atoms with Crippen LogP contribution in [-0.2, 0) is 4.57 Å². The van der Waals surface area contributed by atoms with Gasteiger partial charge in [0, 0.05) is 17.1 Å². The van der Waals surface area contributed by atoms with Crippen molar-refractivity contribution in [3.8, 4) is 5.75 Å². The summed E-state index contributed by atoms with van der Waals surface area (Å²) in [6.07, 6.45) is 1.59. The van der Waals surface area contributed by atoms with Gasteiger partial charge >= 0.3 is 66.9 Å². The first-order valence-electron chi connectivity index (χ1n) is 3.91. The van der Waals surface area contributed by atoms with Gasteiger partial charge in [0.1, 0.15) is 5.75 Å². The molecule has 86 valence electrons. The second-order valence-corrected chi connectivity index (χ2v) is 3.76. The Morgan fingerprint density at radius 2 is 1.53 bits per heavy atom. The van der Waals surface area contributed by atoms with Crippen LogP contribution in [0.5, 0.6) is 5.75 Å². The van der Waals surface area contributed by atoms with Gasteiger partial charge in [0.25, 0.3) is 0 Å². The molecular weight excluding hydrogens is 267 g/mol. The van der Waals surface area contributed by atoms with Crippen LogP contribution in [0.2, 0.25) is 0 Å². The van der Waals surface area contributed by atoms with Crippen LogP contribution in [0.1, 0.15) is 0 Å². The standard InChI is InChI=1S/C8H7NO.2Na.H3O4P.2H/c10-8-5-9-7-4-2-1-3-6(7)8;;;1-5(2,3)4;;/h1-5,9-10H;;;(H3,1,2,3,4);;. The van der Waals surface area contributed by atoms with Crippen molar-refractivity contribution >= 4 is 77.8 Å². The Balaban J connectivity index is 0. The van der Waals surface area contributed by atoms with Crippen LogP contribution in [0, 0.1) is 0 Å². The summed E-state index contributed by atoms with van der Waals surface area (Å²) in [6, 6.07) is 7.63. The summed E-state index contributed by atoms with van der Waals surface area (Å²) in [4.78, 5) is 24.5. The average Bonchev–Trinajstić information content (AvgIpc) is 2.46. The fraction of sp³-hybridized carbons (Fsp3) is 0. The number of para-hydroxylation sites is 1. The molecule has 0 radical (unpaired) electrons. The van der Waals surface area contributed by atoms with E-state index < -0.39 is 7.82 Å². The number of nitrogens with one attached hydrogen (secondary N) is 1. The van der Waals surface area contributed by atoms with E-state index in [2.05, 4.69) is 4.98 Å². The maximum atomic E-state index is 9.18. The number of hydrogen-bond donors (Lipinski definition) is 5. The molecule has 0 fully saturated rings. The van der Waals surface area contributed by atoms with Crippen molar-refractivity contribution < 1.29 is 24.4 Å². The summed E-state index contributed by atoms with van der Waals surface area (Å²) in [7, 11) is -4.64. The summed E-state index contributed by atoms with van der Waals surface area (Å²) in [5.41, 5.74) is 0.972. The third-order valence-electron chi connectivity index (χ3n) is 1.57. The third-order valence-corrected chi connectivity index (χ3v) is 1.57. The monoisotopic (exact) mass is 279 g/mol. The Labute approximate surface area is 142 Å². The molecule has 0 aliphatic carbocycles. The molecule has 0 spiro atoms. The zero-order chi connectivity index (χ0) is 11.5. The normalized spacial score (nSPS) is 9.59. The van der Waals surface area contributed by atoms with E-state index in [4.69, 9.17) is 19.2 Å². The zero-order valence-electron chi connectivity index (χ0n) is 7.53. The summed E-state index contributed by atoms with van der Waals surface area (Å²) in [5, 5.41) is 10.1. The molecule has 2 rings (SSSR count). The molecule has 17 heavy (non-hydrogen) atoms. The quantitative estimate of drug-likeness (QED) is 0.334. The molecule has 0 aliphatic rings. The van der Waals surface area contributed by atoms with E-state index in [1.54, 1.807) is 6.20 Å². The number of benzene rings is 1. The Kier molecular flexibility index (Phi) is 10.3. The number of aromatic nitrogens is 1. The number of aromatic hydroxyl groups is 1. The van der Waals surface area contributed by atoms with Gasteiger partial charge in [-0.2, -0.15) is 0 Å². The number of aromatic amines is 1. The van der Waals surface area contributed by atoms with E-state index in [-0.39, 0.29) is 59.1 Å². The van der Waals surface area contributed by atoms with Crippen LogP contribution in [-0.4, -0.2) is 83.9 Å². The van der Waals surface area contributed by atoms with Crippen LogP contribution >= 0.6 is 7.82 Å². The predicted octanol–water partition coefficient (Wildman–Crippen LogP) is -0.352. The summed E-state index contributed by atoms with van der Waals surface area (Å²) in [5.74, 6) is 0.315. The average molecular weight is 279 g/mol. The molecule has 1 heterocycles. The van der Waals surface area contributed by atoms with Crippen molar-refractivity contribution in [3.05, 3.63) is 30.5 Å². The van der Waals surface area contributed by atoms with Crippen molar-refractivity contribution in [2.24, 2.45) is 0 Å². The van der Waals surface area contributed by atoms with Crippen LogP contribution in [0.4, 0.5) is 0 Å². The Morgan fingerprint density at radius 1 is 1.06 bits per heavy atom. The molecule has 2 aromatic rings. The molecule has 0 amide bonds. The van der Waals surface area contributed by atoms with Gasteiger partial charge in [0.2, 0.25) is 0 Å². The minimum absolute atomic E-state index is 0. The van der Waals surface area contributed by atoms with Gasteiger partial charge in [-0.1, -0.05) is 12.1 Å². The molecule has 0 saturated carbocycles. The minimum atomic E-state index is -4.64. The molecule has 1 aromatic carbocycles. The fourth-order valence-corrected chi connectivity index (χ4v) is 1.06. The Bertz CT molecular complexity index is 489. The second kappa shape index (κ2) is 8.72. The van der Waals surface area contributed by atoms with E-state index in [0.717, 1.165) is 10.9 Å². The van der Waals surface area contributed by atoms with Gasteiger partial charge in [0.05, 0.1) is 0 Å². The van der Waals surface area contributed by atoms with Gasteiger partial charge in [-0.25, -0.2) is 4.57 Å². The van der Waals surface area contributed by atoms with E-state index in [9.17, 15) is 5.11 Å². The van der Waals surface area contributed by atoms with E-state index >= 15 is 0 Å². The predicted molar refractivity (Wildman–Crippen MR) is 68.5 cm³/mol. The second-order valence-electron chi connectivity index (χ2n) is 2.73. The van der Waals surface area contributed by atoms with Gasteiger partial charge in [-0.15, -0.1) is 0 Å². The van der Waals surface area contributed by atoms with Crippen LogP contribution in [0.25, 0.3) is 10.9 Å². The molecule has 0 atom stereocenters. The molecule has 0 saturated heterocycles. The topological polar surface area (TPSA) is 114 Å². The summed E-state index contributed by atoms with van der Waals surface area (Å²) in [6.45, 7) is 0. The van der Waals surface area contributed by atoms with E-state index in [0.29, 0.717) is 5.75 Å². The molecule has 0 unspecified atom stereocenters. The number of phosphoric acid groups is 1.